The van der Waals surface area contributed by atoms with Crippen molar-refractivity contribution in [1.29, 1.82) is 0 Å². The van der Waals surface area contributed by atoms with Gasteiger partial charge in [-0.15, -0.1) is 0 Å². The fourth-order valence-corrected chi connectivity index (χ4v) is 1.05. The van der Waals surface area contributed by atoms with Crippen LogP contribution in [0.5, 0.6) is 0 Å². The van der Waals surface area contributed by atoms with E-state index in [1.165, 1.54) is 25.7 Å². The smallest absolute Gasteiger partial charge is 0.142 e. The van der Waals surface area contributed by atoms with Crippen LogP contribution in [0.1, 0.15) is 39.5 Å². The van der Waals surface area contributed by atoms with Crippen LogP contribution in [-0.4, -0.2) is 6.29 Å². The van der Waals surface area contributed by atoms with Crippen LogP contribution < -0.4 is 0 Å². The van der Waals surface area contributed by atoms with Crippen LogP contribution in [0.4, 0.5) is 0 Å². The van der Waals surface area contributed by atoms with Crippen molar-refractivity contribution in [2.45, 2.75) is 39.5 Å². The molecule has 0 saturated carbocycles. The number of carbonyl (C=O) groups excluding carboxylic acids is 1. The fourth-order valence-electron chi connectivity index (χ4n) is 1.05. The van der Waals surface area contributed by atoms with Crippen molar-refractivity contribution in [3.8, 4) is 0 Å². The molecule has 0 rings (SSSR count). The molecule has 0 spiro atoms. The summed E-state index contributed by atoms with van der Waals surface area (Å²) in [6.45, 7) is 4.35. The third kappa shape index (κ3) is 7.31. The maximum atomic E-state index is 9.95. The summed E-state index contributed by atoms with van der Waals surface area (Å²) >= 11 is 0. The Morgan fingerprint density at radius 1 is 1.36 bits per heavy atom. The largest absolute Gasteiger partial charge is 0.299 e. The molecular formula is C10H18O. The van der Waals surface area contributed by atoms with Gasteiger partial charge in [0, 0.05) is 0 Å². The summed E-state index contributed by atoms with van der Waals surface area (Å²) in [4.78, 5) is 9.95. The van der Waals surface area contributed by atoms with Gasteiger partial charge in [-0.05, 0) is 18.4 Å². The van der Waals surface area contributed by atoms with Crippen LogP contribution >= 0.6 is 0 Å². The Labute approximate surface area is 69.5 Å². The molecule has 0 aromatic heterocycles. The lowest BCUT2D eigenvalue weighted by atomic mass is 10.0. The van der Waals surface area contributed by atoms with Gasteiger partial charge in [0.2, 0.25) is 0 Å². The first-order valence-electron chi connectivity index (χ1n) is 4.43. The zero-order valence-electron chi connectivity index (χ0n) is 7.55. The molecule has 0 saturated heterocycles. The van der Waals surface area contributed by atoms with E-state index in [4.69, 9.17) is 0 Å². The van der Waals surface area contributed by atoms with E-state index in [1.54, 1.807) is 6.08 Å². The quantitative estimate of drug-likeness (QED) is 0.326. The van der Waals surface area contributed by atoms with Crippen molar-refractivity contribution >= 4 is 6.29 Å². The molecule has 0 fully saturated rings. The lowest BCUT2D eigenvalue weighted by Crippen LogP contribution is -1.89. The van der Waals surface area contributed by atoms with Gasteiger partial charge in [-0.2, -0.15) is 0 Å². The molecule has 1 nitrogen and oxygen atoms in total. The highest BCUT2D eigenvalue weighted by molar-refractivity contribution is 5.64. The summed E-state index contributed by atoms with van der Waals surface area (Å²) in [5, 5.41) is 0. The Kier molecular flexibility index (Phi) is 7.11. The molecule has 0 aliphatic rings. The molecule has 0 bridgehead atoms. The van der Waals surface area contributed by atoms with Crippen LogP contribution in [0, 0.1) is 5.92 Å². The molecule has 0 aromatic rings. The normalized spacial score (nSPS) is 13.6. The molecular weight excluding hydrogens is 136 g/mol. The van der Waals surface area contributed by atoms with Crippen LogP contribution in [0.15, 0.2) is 12.2 Å². The summed E-state index contributed by atoms with van der Waals surface area (Å²) < 4.78 is 0. The summed E-state index contributed by atoms with van der Waals surface area (Å²) in [7, 11) is 0. The first-order valence-corrected chi connectivity index (χ1v) is 4.43. The maximum Gasteiger partial charge on any atom is 0.142 e. The Hall–Kier alpha value is -0.590. The molecule has 0 radical (unpaired) electrons. The molecule has 0 heterocycles. The average molecular weight is 154 g/mol. The maximum absolute atomic E-state index is 9.95. The van der Waals surface area contributed by atoms with Gasteiger partial charge in [0.15, 0.2) is 0 Å². The van der Waals surface area contributed by atoms with Gasteiger partial charge in [0.05, 0.1) is 0 Å². The average Bonchev–Trinajstić information content (AvgIpc) is 2.01. The van der Waals surface area contributed by atoms with Crippen molar-refractivity contribution in [1.82, 2.24) is 0 Å². The van der Waals surface area contributed by atoms with E-state index in [-0.39, 0.29) is 0 Å². The standard InChI is InChI=1S/C10H18O/c1-3-4-5-7-10(2)8-6-9-11/h6,8-10H,3-5,7H2,1-2H3/b8-6+. The van der Waals surface area contributed by atoms with E-state index in [1.807, 2.05) is 6.08 Å². The highest BCUT2D eigenvalue weighted by Crippen LogP contribution is 2.09. The van der Waals surface area contributed by atoms with Crippen molar-refractivity contribution in [3.05, 3.63) is 12.2 Å². The molecule has 0 aliphatic heterocycles. The van der Waals surface area contributed by atoms with Crippen LogP contribution in [0.3, 0.4) is 0 Å². The molecule has 1 heteroatoms. The van der Waals surface area contributed by atoms with E-state index >= 15 is 0 Å². The lowest BCUT2D eigenvalue weighted by molar-refractivity contribution is -0.104. The summed E-state index contributed by atoms with van der Waals surface area (Å²) in [5.41, 5.74) is 0. The highest BCUT2D eigenvalue weighted by atomic mass is 16.1. The van der Waals surface area contributed by atoms with E-state index in [0.29, 0.717) is 5.92 Å². The zero-order valence-corrected chi connectivity index (χ0v) is 7.55. The topological polar surface area (TPSA) is 17.1 Å². The molecule has 1 unspecified atom stereocenters. The van der Waals surface area contributed by atoms with E-state index in [0.717, 1.165) is 6.29 Å². The second kappa shape index (κ2) is 7.52. The van der Waals surface area contributed by atoms with Crippen LogP contribution in [0.2, 0.25) is 0 Å². The first kappa shape index (κ1) is 10.4. The first-order chi connectivity index (χ1) is 5.31. The van der Waals surface area contributed by atoms with Gasteiger partial charge in [-0.1, -0.05) is 39.2 Å². The predicted octanol–water partition coefficient (Wildman–Crippen LogP) is 2.96. The number of unbranched alkanes of at least 4 members (excludes halogenated alkanes) is 2. The molecule has 0 aromatic carbocycles. The molecule has 0 amide bonds. The van der Waals surface area contributed by atoms with Crippen LogP contribution in [0.25, 0.3) is 0 Å². The van der Waals surface area contributed by atoms with Crippen molar-refractivity contribution < 1.29 is 4.79 Å². The minimum Gasteiger partial charge on any atom is -0.299 e. The minimum absolute atomic E-state index is 0.562. The van der Waals surface area contributed by atoms with Crippen molar-refractivity contribution in [3.63, 3.8) is 0 Å². The van der Waals surface area contributed by atoms with Gasteiger partial charge < -0.3 is 0 Å². The van der Waals surface area contributed by atoms with Crippen molar-refractivity contribution in [2.75, 3.05) is 0 Å². The summed E-state index contributed by atoms with van der Waals surface area (Å²) in [6.07, 6.45) is 9.47. The van der Waals surface area contributed by atoms with E-state index in [9.17, 15) is 4.79 Å². The van der Waals surface area contributed by atoms with Gasteiger partial charge in [-0.3, -0.25) is 4.79 Å². The number of carbonyl (C=O) groups is 1. The van der Waals surface area contributed by atoms with Gasteiger partial charge in [-0.25, -0.2) is 0 Å². The Morgan fingerprint density at radius 3 is 2.64 bits per heavy atom. The fraction of sp³-hybridized carbons (Fsp3) is 0.700. The number of aldehydes is 1. The minimum atomic E-state index is 0.562. The van der Waals surface area contributed by atoms with Gasteiger partial charge >= 0.3 is 0 Å². The summed E-state index contributed by atoms with van der Waals surface area (Å²) in [6, 6.07) is 0. The number of hydrogen-bond donors (Lipinski definition) is 0. The number of rotatable bonds is 6. The Balaban J connectivity index is 3.28. The Bertz CT molecular complexity index is 116. The third-order valence-electron chi connectivity index (χ3n) is 1.78. The lowest BCUT2D eigenvalue weighted by Gasteiger charge is -2.03. The zero-order chi connectivity index (χ0) is 8.53. The summed E-state index contributed by atoms with van der Waals surface area (Å²) in [5.74, 6) is 0.562. The Morgan fingerprint density at radius 2 is 2.09 bits per heavy atom. The molecule has 0 aliphatic carbocycles. The second-order valence-corrected chi connectivity index (χ2v) is 2.99. The predicted molar refractivity (Wildman–Crippen MR) is 48.5 cm³/mol. The monoisotopic (exact) mass is 154 g/mol. The third-order valence-corrected chi connectivity index (χ3v) is 1.78. The molecule has 0 N–H and O–H groups in total. The highest BCUT2D eigenvalue weighted by Gasteiger charge is 1.94. The number of allylic oxidation sites excluding steroid dienone is 2. The SMILES string of the molecule is CCCCCC(C)/C=C/C=O. The molecule has 11 heavy (non-hydrogen) atoms. The number of hydrogen-bond acceptors (Lipinski definition) is 1. The molecule has 1 atom stereocenters. The van der Waals surface area contributed by atoms with E-state index in [2.05, 4.69) is 13.8 Å². The van der Waals surface area contributed by atoms with Gasteiger partial charge in [0.1, 0.15) is 6.29 Å². The van der Waals surface area contributed by atoms with Gasteiger partial charge in [0.25, 0.3) is 0 Å². The van der Waals surface area contributed by atoms with Crippen LogP contribution in [-0.2, 0) is 4.79 Å². The molecule has 64 valence electrons. The van der Waals surface area contributed by atoms with E-state index < -0.39 is 0 Å². The second-order valence-electron chi connectivity index (χ2n) is 2.99. The van der Waals surface area contributed by atoms with Crippen molar-refractivity contribution in [2.24, 2.45) is 5.92 Å².